The molecule has 196 valence electrons. The second kappa shape index (κ2) is 12.2. The zero-order chi connectivity index (χ0) is 26.5. The van der Waals surface area contributed by atoms with Crippen molar-refractivity contribution >= 4 is 50.7 Å². The Morgan fingerprint density at radius 1 is 1.14 bits per heavy atom. The van der Waals surface area contributed by atoms with Gasteiger partial charge in [-0.1, -0.05) is 48.2 Å². The van der Waals surface area contributed by atoms with Gasteiger partial charge < -0.3 is 15.0 Å². The number of carbonyl (C=O) groups is 2. The number of nitrogens with one attached hydrogen (secondary N) is 1. The molecule has 0 saturated heterocycles. The lowest BCUT2D eigenvalue weighted by Crippen LogP contribution is -2.52. The second-order valence-corrected chi connectivity index (χ2v) is 11.7. The fraction of sp³-hybridized carbons (Fsp3) is 0.440. The van der Waals surface area contributed by atoms with Crippen molar-refractivity contribution < 1.29 is 22.7 Å². The summed E-state index contributed by atoms with van der Waals surface area (Å²) in [6.07, 6.45) is 4.89. The van der Waals surface area contributed by atoms with Gasteiger partial charge in [0.15, 0.2) is 0 Å². The average molecular weight is 557 g/mol. The van der Waals surface area contributed by atoms with Crippen molar-refractivity contribution in [3.8, 4) is 5.75 Å². The molecule has 8 nitrogen and oxygen atoms in total. The van der Waals surface area contributed by atoms with E-state index in [1.807, 2.05) is 6.07 Å². The number of hydrogen-bond acceptors (Lipinski definition) is 5. The number of carbonyl (C=O) groups excluding carboxylic acids is 2. The van der Waals surface area contributed by atoms with Gasteiger partial charge in [-0.2, -0.15) is 0 Å². The van der Waals surface area contributed by atoms with Crippen molar-refractivity contribution in [1.82, 2.24) is 10.2 Å². The summed E-state index contributed by atoms with van der Waals surface area (Å²) < 4.78 is 31.6. The normalized spacial score (nSPS) is 14.8. The third-order valence-corrected chi connectivity index (χ3v) is 7.89. The molecule has 2 aromatic rings. The van der Waals surface area contributed by atoms with Gasteiger partial charge in [0.2, 0.25) is 21.8 Å². The van der Waals surface area contributed by atoms with E-state index in [1.54, 1.807) is 32.2 Å². The SMILES string of the molecule is COc1cccc(CN(C(=O)CN(c2cc(Cl)ccc2Cl)S(C)(=O)=O)[C@H](C)C(=O)NC2CCCC2)c1. The summed E-state index contributed by atoms with van der Waals surface area (Å²) in [5.41, 5.74) is 0.819. The van der Waals surface area contributed by atoms with E-state index in [-0.39, 0.29) is 34.2 Å². The Hall–Kier alpha value is -2.49. The van der Waals surface area contributed by atoms with Gasteiger partial charge in [0, 0.05) is 17.6 Å². The fourth-order valence-electron chi connectivity index (χ4n) is 4.21. The summed E-state index contributed by atoms with van der Waals surface area (Å²) in [7, 11) is -2.37. The van der Waals surface area contributed by atoms with Crippen molar-refractivity contribution in [2.75, 3.05) is 24.2 Å². The first-order valence-corrected chi connectivity index (χ1v) is 14.3. The Kier molecular flexibility index (Phi) is 9.49. The number of ether oxygens (including phenoxy) is 1. The third kappa shape index (κ3) is 7.27. The largest absolute Gasteiger partial charge is 0.497 e. The molecule has 1 atom stereocenters. The van der Waals surface area contributed by atoms with E-state index in [0.717, 1.165) is 41.8 Å². The summed E-state index contributed by atoms with van der Waals surface area (Å²) in [5.74, 6) is -0.246. The summed E-state index contributed by atoms with van der Waals surface area (Å²) in [4.78, 5) is 28.1. The van der Waals surface area contributed by atoms with Crippen LogP contribution in [0.1, 0.15) is 38.2 Å². The van der Waals surface area contributed by atoms with Crippen LogP contribution in [-0.2, 0) is 26.2 Å². The molecular weight excluding hydrogens is 525 g/mol. The van der Waals surface area contributed by atoms with Crippen LogP contribution in [0, 0.1) is 0 Å². The van der Waals surface area contributed by atoms with Crippen molar-refractivity contribution in [1.29, 1.82) is 0 Å². The van der Waals surface area contributed by atoms with Crippen molar-refractivity contribution in [2.45, 2.75) is 51.2 Å². The summed E-state index contributed by atoms with van der Waals surface area (Å²) in [6.45, 7) is 1.17. The molecule has 0 spiro atoms. The monoisotopic (exact) mass is 555 g/mol. The number of benzene rings is 2. The maximum atomic E-state index is 13.6. The minimum absolute atomic E-state index is 0.0755. The minimum Gasteiger partial charge on any atom is -0.497 e. The van der Waals surface area contributed by atoms with Crippen LogP contribution in [0.25, 0.3) is 0 Å². The molecule has 1 aliphatic carbocycles. The molecule has 1 fully saturated rings. The van der Waals surface area contributed by atoms with Crippen LogP contribution in [0.2, 0.25) is 10.0 Å². The van der Waals surface area contributed by atoms with Gasteiger partial charge in [-0.3, -0.25) is 13.9 Å². The number of halogens is 2. The molecular formula is C25H31Cl2N3O5S. The highest BCUT2D eigenvalue weighted by molar-refractivity contribution is 7.92. The number of amides is 2. The van der Waals surface area contributed by atoms with E-state index in [2.05, 4.69) is 5.32 Å². The van der Waals surface area contributed by atoms with Gasteiger partial charge in [0.25, 0.3) is 0 Å². The van der Waals surface area contributed by atoms with Crippen LogP contribution in [-0.4, -0.2) is 57.1 Å². The lowest BCUT2D eigenvalue weighted by atomic mass is 10.1. The molecule has 0 bridgehead atoms. The first-order chi connectivity index (χ1) is 17.0. The molecule has 0 radical (unpaired) electrons. The van der Waals surface area contributed by atoms with Crippen LogP contribution in [0.4, 0.5) is 5.69 Å². The smallest absolute Gasteiger partial charge is 0.244 e. The Bertz CT molecular complexity index is 1200. The van der Waals surface area contributed by atoms with Crippen LogP contribution >= 0.6 is 23.2 Å². The van der Waals surface area contributed by atoms with E-state index in [9.17, 15) is 18.0 Å². The van der Waals surface area contributed by atoms with E-state index < -0.39 is 28.5 Å². The molecule has 0 heterocycles. The molecule has 0 aliphatic heterocycles. The van der Waals surface area contributed by atoms with Gasteiger partial charge in [0.05, 0.1) is 24.1 Å². The fourth-order valence-corrected chi connectivity index (χ4v) is 5.50. The number of rotatable bonds is 10. The topological polar surface area (TPSA) is 96.0 Å². The van der Waals surface area contributed by atoms with Crippen LogP contribution in [0.5, 0.6) is 5.75 Å². The zero-order valence-electron chi connectivity index (χ0n) is 20.5. The van der Waals surface area contributed by atoms with Crippen molar-refractivity contribution in [3.05, 3.63) is 58.1 Å². The van der Waals surface area contributed by atoms with Crippen molar-refractivity contribution in [2.24, 2.45) is 0 Å². The van der Waals surface area contributed by atoms with Gasteiger partial charge in [-0.05, 0) is 55.7 Å². The predicted molar refractivity (Wildman–Crippen MR) is 142 cm³/mol. The Morgan fingerprint density at radius 2 is 1.83 bits per heavy atom. The highest BCUT2D eigenvalue weighted by Gasteiger charge is 2.32. The van der Waals surface area contributed by atoms with Crippen LogP contribution < -0.4 is 14.4 Å². The molecule has 36 heavy (non-hydrogen) atoms. The molecule has 1 saturated carbocycles. The van der Waals surface area contributed by atoms with E-state index in [0.29, 0.717) is 5.75 Å². The summed E-state index contributed by atoms with van der Waals surface area (Å²) in [6, 6.07) is 10.8. The molecule has 1 aliphatic rings. The highest BCUT2D eigenvalue weighted by atomic mass is 35.5. The predicted octanol–water partition coefficient (Wildman–Crippen LogP) is 4.24. The minimum atomic E-state index is -3.91. The van der Waals surface area contributed by atoms with Crippen molar-refractivity contribution in [3.63, 3.8) is 0 Å². The van der Waals surface area contributed by atoms with E-state index >= 15 is 0 Å². The summed E-state index contributed by atoms with van der Waals surface area (Å²) in [5, 5.41) is 3.43. The molecule has 11 heteroatoms. The molecule has 0 aromatic heterocycles. The maximum Gasteiger partial charge on any atom is 0.244 e. The Labute approximate surface area is 222 Å². The highest BCUT2D eigenvalue weighted by Crippen LogP contribution is 2.31. The van der Waals surface area contributed by atoms with Crippen LogP contribution in [0.15, 0.2) is 42.5 Å². The molecule has 2 aromatic carbocycles. The number of anilines is 1. The number of hydrogen-bond donors (Lipinski definition) is 1. The molecule has 2 amide bonds. The quantitative estimate of drug-likeness (QED) is 0.472. The van der Waals surface area contributed by atoms with Gasteiger partial charge in [-0.15, -0.1) is 0 Å². The van der Waals surface area contributed by atoms with Gasteiger partial charge >= 0.3 is 0 Å². The lowest BCUT2D eigenvalue weighted by molar-refractivity contribution is -0.139. The van der Waals surface area contributed by atoms with E-state index in [4.69, 9.17) is 27.9 Å². The third-order valence-electron chi connectivity index (χ3n) is 6.21. The molecule has 1 N–H and O–H groups in total. The molecule has 0 unspecified atom stereocenters. The first-order valence-electron chi connectivity index (χ1n) is 11.6. The van der Waals surface area contributed by atoms with Gasteiger partial charge in [0.1, 0.15) is 18.3 Å². The first kappa shape index (κ1) is 28.1. The van der Waals surface area contributed by atoms with Crippen LogP contribution in [0.3, 0.4) is 0 Å². The summed E-state index contributed by atoms with van der Waals surface area (Å²) >= 11 is 12.3. The second-order valence-electron chi connectivity index (χ2n) is 8.90. The Morgan fingerprint density at radius 3 is 2.47 bits per heavy atom. The standard InChI is InChI=1S/C25H31Cl2N3O5S/c1-17(25(32)28-20-8-4-5-9-20)29(15-18-7-6-10-21(13-18)35-2)24(31)16-30(36(3,33)34)23-14-19(26)11-12-22(23)27/h6-7,10-14,17,20H,4-5,8-9,15-16H2,1-3H3,(H,28,32)/t17-/m1/s1. The number of methoxy groups -OCH3 is 1. The van der Waals surface area contributed by atoms with E-state index in [1.165, 1.54) is 23.1 Å². The average Bonchev–Trinajstić information content (AvgIpc) is 3.34. The Balaban J connectivity index is 1.92. The number of sulfonamides is 1. The maximum absolute atomic E-state index is 13.6. The molecule has 3 rings (SSSR count). The zero-order valence-corrected chi connectivity index (χ0v) is 22.9. The lowest BCUT2D eigenvalue weighted by Gasteiger charge is -2.32. The van der Waals surface area contributed by atoms with Gasteiger partial charge in [-0.25, -0.2) is 8.42 Å². The number of nitrogens with zero attached hydrogens (tertiary/aromatic N) is 2.